The van der Waals surface area contributed by atoms with Gasteiger partial charge >= 0.3 is 0 Å². The molecule has 4 rings (SSSR count). The van der Waals surface area contributed by atoms with E-state index in [9.17, 15) is 17.6 Å². The van der Waals surface area contributed by atoms with Crippen LogP contribution in [0.25, 0.3) is 0 Å². The van der Waals surface area contributed by atoms with E-state index < -0.39 is 10.0 Å². The summed E-state index contributed by atoms with van der Waals surface area (Å²) in [4.78, 5) is 12.8. The van der Waals surface area contributed by atoms with Gasteiger partial charge in [-0.1, -0.05) is 12.1 Å². The van der Waals surface area contributed by atoms with Crippen LogP contribution in [0.2, 0.25) is 0 Å². The Morgan fingerprint density at radius 3 is 2.41 bits per heavy atom. The smallest absolute Gasteiger partial charge is 0.243 e. The van der Waals surface area contributed by atoms with Crippen molar-refractivity contribution in [1.29, 1.82) is 0 Å². The summed E-state index contributed by atoms with van der Waals surface area (Å²) in [5.74, 6) is 0.275. The monoisotopic (exact) mass is 462 g/mol. The largest absolute Gasteiger partial charge is 0.490 e. The Labute approximate surface area is 187 Å². The number of benzene rings is 2. The highest BCUT2D eigenvalue weighted by Gasteiger charge is 2.33. The lowest BCUT2D eigenvalue weighted by Gasteiger charge is -2.31. The van der Waals surface area contributed by atoms with Gasteiger partial charge in [-0.2, -0.15) is 4.31 Å². The maximum Gasteiger partial charge on any atom is 0.243 e. The molecular formula is C23H27FN2O5S. The zero-order valence-electron chi connectivity index (χ0n) is 17.9. The lowest BCUT2D eigenvalue weighted by atomic mass is 9.96. The van der Waals surface area contributed by atoms with Crippen molar-refractivity contribution in [2.75, 3.05) is 26.3 Å². The van der Waals surface area contributed by atoms with Crippen LogP contribution in [0, 0.1) is 11.7 Å². The molecule has 9 heteroatoms. The summed E-state index contributed by atoms with van der Waals surface area (Å²) in [5.41, 5.74) is 0.814. The van der Waals surface area contributed by atoms with E-state index in [4.69, 9.17) is 9.47 Å². The maximum absolute atomic E-state index is 13.1. The molecule has 172 valence electrons. The second-order valence-corrected chi connectivity index (χ2v) is 10.1. The van der Waals surface area contributed by atoms with Crippen molar-refractivity contribution in [3.8, 4) is 11.5 Å². The van der Waals surface area contributed by atoms with Gasteiger partial charge in [0.1, 0.15) is 5.82 Å². The molecule has 1 atom stereocenters. The number of nitrogens with zero attached hydrogens (tertiary/aromatic N) is 1. The van der Waals surface area contributed by atoms with E-state index in [0.717, 1.165) is 12.0 Å². The fourth-order valence-corrected chi connectivity index (χ4v) is 5.46. The first-order valence-corrected chi connectivity index (χ1v) is 12.2. The van der Waals surface area contributed by atoms with E-state index in [-0.39, 0.29) is 41.7 Å². The third kappa shape index (κ3) is 4.88. The molecule has 0 spiro atoms. The molecular weight excluding hydrogens is 435 g/mol. The predicted molar refractivity (Wildman–Crippen MR) is 116 cm³/mol. The van der Waals surface area contributed by atoms with Gasteiger partial charge in [0.25, 0.3) is 0 Å². The number of ether oxygens (including phenoxy) is 2. The molecule has 1 N–H and O–H groups in total. The summed E-state index contributed by atoms with van der Waals surface area (Å²) < 4.78 is 52.0. The third-order valence-electron chi connectivity index (χ3n) is 5.91. The number of nitrogens with one attached hydrogen (secondary N) is 1. The zero-order chi connectivity index (χ0) is 22.7. The quantitative estimate of drug-likeness (QED) is 0.737. The number of sulfonamides is 1. The Hall–Kier alpha value is -2.65. The zero-order valence-corrected chi connectivity index (χ0v) is 18.7. The second kappa shape index (κ2) is 9.46. The van der Waals surface area contributed by atoms with Gasteiger partial charge in [0.05, 0.1) is 24.2 Å². The molecule has 1 amide bonds. The van der Waals surface area contributed by atoms with Crippen molar-refractivity contribution in [2.45, 2.75) is 37.1 Å². The van der Waals surface area contributed by atoms with E-state index in [2.05, 4.69) is 5.32 Å². The second-order valence-electron chi connectivity index (χ2n) is 8.12. The molecule has 2 heterocycles. The van der Waals surface area contributed by atoms with E-state index in [1.165, 1.54) is 28.6 Å². The maximum atomic E-state index is 13.1. The van der Waals surface area contributed by atoms with Crippen molar-refractivity contribution >= 4 is 15.9 Å². The molecule has 7 nitrogen and oxygen atoms in total. The third-order valence-corrected chi connectivity index (χ3v) is 7.80. The van der Waals surface area contributed by atoms with Gasteiger partial charge in [-0.15, -0.1) is 0 Å². The fraction of sp³-hybridized carbons (Fsp3) is 0.435. The van der Waals surface area contributed by atoms with E-state index in [0.29, 0.717) is 37.6 Å². The van der Waals surface area contributed by atoms with Crippen molar-refractivity contribution in [1.82, 2.24) is 9.62 Å². The minimum absolute atomic E-state index is 0.116. The molecule has 0 aromatic heterocycles. The molecule has 32 heavy (non-hydrogen) atoms. The first kappa shape index (κ1) is 22.5. The van der Waals surface area contributed by atoms with Crippen LogP contribution in [0.3, 0.4) is 0 Å². The summed E-state index contributed by atoms with van der Waals surface area (Å²) in [5, 5.41) is 2.95. The molecule has 2 aliphatic rings. The number of hydrogen-bond acceptors (Lipinski definition) is 5. The lowest BCUT2D eigenvalue weighted by Crippen LogP contribution is -2.43. The van der Waals surface area contributed by atoms with Crippen LogP contribution in [0.15, 0.2) is 47.4 Å². The molecule has 0 saturated carbocycles. The van der Waals surface area contributed by atoms with Crippen LogP contribution in [0.5, 0.6) is 11.5 Å². The number of halogens is 1. The molecule has 2 aliphatic heterocycles. The van der Waals surface area contributed by atoms with E-state index in [1.54, 1.807) is 18.2 Å². The van der Waals surface area contributed by atoms with Crippen LogP contribution in [0.4, 0.5) is 4.39 Å². The van der Waals surface area contributed by atoms with Crippen LogP contribution < -0.4 is 14.8 Å². The Morgan fingerprint density at radius 2 is 1.72 bits per heavy atom. The molecule has 0 unspecified atom stereocenters. The molecule has 2 aromatic carbocycles. The summed E-state index contributed by atoms with van der Waals surface area (Å²) in [6, 6.07) is 10.4. The number of amides is 1. The highest BCUT2D eigenvalue weighted by atomic mass is 32.2. The van der Waals surface area contributed by atoms with Gasteiger partial charge in [0, 0.05) is 31.5 Å². The highest BCUT2D eigenvalue weighted by molar-refractivity contribution is 7.89. The lowest BCUT2D eigenvalue weighted by molar-refractivity contribution is -0.126. The van der Waals surface area contributed by atoms with Gasteiger partial charge in [-0.3, -0.25) is 4.79 Å². The van der Waals surface area contributed by atoms with Crippen molar-refractivity contribution < 1.29 is 27.1 Å². The average Bonchev–Trinajstić information content (AvgIpc) is 3.04. The minimum Gasteiger partial charge on any atom is -0.490 e. The highest BCUT2D eigenvalue weighted by Crippen LogP contribution is 2.34. The normalized spacial score (nSPS) is 18.6. The first-order chi connectivity index (χ1) is 15.3. The standard InChI is InChI=1S/C23H27FN2O5S/c1-16(17-3-5-19(24)6-4-17)25-23(27)18-9-11-26(12-10-18)32(28,29)20-7-8-21-22(15-20)31-14-2-13-30-21/h3-8,15-16,18H,2,9-14H2,1H3,(H,25,27)/t16-/m0/s1. The van der Waals surface area contributed by atoms with Crippen LogP contribution >= 0.6 is 0 Å². The Morgan fingerprint density at radius 1 is 1.06 bits per heavy atom. The minimum atomic E-state index is -3.70. The summed E-state index contributed by atoms with van der Waals surface area (Å²) in [6.07, 6.45) is 1.61. The van der Waals surface area contributed by atoms with Crippen molar-refractivity contribution in [3.63, 3.8) is 0 Å². The average molecular weight is 463 g/mol. The SMILES string of the molecule is C[C@H](NC(=O)C1CCN(S(=O)(=O)c2ccc3c(c2)OCCCO3)CC1)c1ccc(F)cc1. The Bertz CT molecular complexity index is 1070. The molecule has 1 saturated heterocycles. The van der Waals surface area contributed by atoms with E-state index >= 15 is 0 Å². The predicted octanol–water partition coefficient (Wildman–Crippen LogP) is 3.27. The van der Waals surface area contributed by atoms with Gasteiger partial charge in [-0.25, -0.2) is 12.8 Å². The summed E-state index contributed by atoms with van der Waals surface area (Å²) in [7, 11) is -3.70. The number of piperidine rings is 1. The molecule has 0 bridgehead atoms. The van der Waals surface area contributed by atoms with Gasteiger partial charge in [0.15, 0.2) is 11.5 Å². The number of fused-ring (bicyclic) bond motifs is 1. The molecule has 0 aliphatic carbocycles. The van der Waals surface area contributed by atoms with Gasteiger partial charge in [-0.05, 0) is 49.6 Å². The fourth-order valence-electron chi connectivity index (χ4n) is 3.98. The topological polar surface area (TPSA) is 84.9 Å². The molecule has 2 aromatic rings. The van der Waals surface area contributed by atoms with Gasteiger partial charge < -0.3 is 14.8 Å². The van der Waals surface area contributed by atoms with E-state index in [1.807, 2.05) is 6.92 Å². The Balaban J connectivity index is 1.37. The molecule has 1 fully saturated rings. The summed E-state index contributed by atoms with van der Waals surface area (Å²) in [6.45, 7) is 3.39. The number of carbonyl (C=O) groups is 1. The first-order valence-electron chi connectivity index (χ1n) is 10.8. The number of rotatable bonds is 5. The van der Waals surface area contributed by atoms with Crippen LogP contribution in [-0.4, -0.2) is 44.9 Å². The number of hydrogen-bond donors (Lipinski definition) is 1. The summed E-state index contributed by atoms with van der Waals surface area (Å²) >= 11 is 0. The number of carbonyl (C=O) groups excluding carboxylic acids is 1. The molecule has 0 radical (unpaired) electrons. The van der Waals surface area contributed by atoms with Crippen molar-refractivity contribution in [2.24, 2.45) is 5.92 Å². The van der Waals surface area contributed by atoms with Gasteiger partial charge in [0.2, 0.25) is 15.9 Å². The van der Waals surface area contributed by atoms with Crippen LogP contribution in [0.1, 0.15) is 37.8 Å². The van der Waals surface area contributed by atoms with Crippen molar-refractivity contribution in [3.05, 3.63) is 53.8 Å². The Kier molecular flexibility index (Phi) is 6.66. The van der Waals surface area contributed by atoms with Crippen LogP contribution in [-0.2, 0) is 14.8 Å².